The van der Waals surface area contributed by atoms with Crippen molar-refractivity contribution in [2.45, 2.75) is 13.8 Å². The maximum absolute atomic E-state index is 12.5. The van der Waals surface area contributed by atoms with Crippen LogP contribution >= 0.6 is 0 Å². The Morgan fingerprint density at radius 1 is 0.811 bits per heavy atom. The zero-order chi connectivity index (χ0) is 26.6. The first-order chi connectivity index (χ1) is 17.9. The number of benzene rings is 3. The summed E-state index contributed by atoms with van der Waals surface area (Å²) in [5.74, 6) is -0.571. The quantitative estimate of drug-likeness (QED) is 0.141. The van der Waals surface area contributed by atoms with Crippen molar-refractivity contribution < 1.29 is 33.3 Å². The average Bonchev–Trinajstić information content (AvgIpc) is 2.91. The molecule has 0 bridgehead atoms. The number of amides is 2. The van der Waals surface area contributed by atoms with Crippen molar-refractivity contribution in [3.63, 3.8) is 0 Å². The molecule has 0 fully saturated rings. The minimum Gasteiger partial charge on any atom is -0.497 e. The van der Waals surface area contributed by atoms with Crippen molar-refractivity contribution in [1.29, 1.82) is 0 Å². The van der Waals surface area contributed by atoms with E-state index in [2.05, 4.69) is 15.8 Å². The maximum atomic E-state index is 12.5. The molecule has 0 saturated heterocycles. The number of rotatable bonds is 10. The first-order valence-corrected chi connectivity index (χ1v) is 11.4. The summed E-state index contributed by atoms with van der Waals surface area (Å²) in [6, 6.07) is 17.9. The molecule has 10 nitrogen and oxygen atoms in total. The molecule has 0 spiro atoms. The molecular weight excluding hydrogens is 478 g/mol. The monoisotopic (exact) mass is 505 g/mol. The van der Waals surface area contributed by atoms with Crippen LogP contribution in [0.2, 0.25) is 0 Å². The Kier molecular flexibility index (Phi) is 9.60. The van der Waals surface area contributed by atoms with Gasteiger partial charge in [-0.1, -0.05) is 0 Å². The van der Waals surface area contributed by atoms with Gasteiger partial charge >= 0.3 is 17.8 Å². The molecule has 10 heteroatoms. The average molecular weight is 506 g/mol. The molecule has 3 aromatic rings. The van der Waals surface area contributed by atoms with Crippen molar-refractivity contribution in [2.24, 2.45) is 5.10 Å². The van der Waals surface area contributed by atoms with E-state index in [9.17, 15) is 14.4 Å². The number of ether oxygens (including phenoxy) is 4. The third kappa shape index (κ3) is 7.82. The Hall–Kier alpha value is -4.86. The molecule has 2 N–H and O–H groups in total. The predicted molar refractivity (Wildman–Crippen MR) is 138 cm³/mol. The fourth-order valence-electron chi connectivity index (χ4n) is 3.05. The van der Waals surface area contributed by atoms with Gasteiger partial charge in [-0.15, -0.1) is 0 Å². The first-order valence-electron chi connectivity index (χ1n) is 11.4. The summed E-state index contributed by atoms with van der Waals surface area (Å²) >= 11 is 0. The summed E-state index contributed by atoms with van der Waals surface area (Å²) in [7, 11) is 1.54. The summed E-state index contributed by atoms with van der Waals surface area (Å²) in [4.78, 5) is 36.7. The molecule has 0 unspecified atom stereocenters. The minimum absolute atomic E-state index is 0.221. The number of anilines is 1. The summed E-state index contributed by atoms with van der Waals surface area (Å²) in [5.41, 5.74) is 3.50. The molecular formula is C27H27N3O7. The van der Waals surface area contributed by atoms with Gasteiger partial charge in [0.15, 0.2) is 11.5 Å². The fourth-order valence-corrected chi connectivity index (χ4v) is 3.05. The molecule has 0 aliphatic heterocycles. The third-order valence-corrected chi connectivity index (χ3v) is 4.81. The predicted octanol–water partition coefficient (Wildman–Crippen LogP) is 3.80. The number of hydrogen-bond donors (Lipinski definition) is 2. The van der Waals surface area contributed by atoms with Gasteiger partial charge in [0.05, 0.1) is 32.1 Å². The lowest BCUT2D eigenvalue weighted by Gasteiger charge is -2.11. The third-order valence-electron chi connectivity index (χ3n) is 4.81. The Morgan fingerprint density at radius 2 is 1.49 bits per heavy atom. The zero-order valence-electron chi connectivity index (χ0n) is 20.6. The van der Waals surface area contributed by atoms with E-state index in [1.807, 2.05) is 6.92 Å². The number of nitrogens with zero attached hydrogens (tertiary/aromatic N) is 1. The van der Waals surface area contributed by atoms with Crippen molar-refractivity contribution in [1.82, 2.24) is 5.43 Å². The van der Waals surface area contributed by atoms with Crippen LogP contribution in [0, 0.1) is 0 Å². The highest BCUT2D eigenvalue weighted by atomic mass is 16.6. The molecule has 0 radical (unpaired) electrons. The van der Waals surface area contributed by atoms with Crippen LogP contribution in [0.15, 0.2) is 71.8 Å². The van der Waals surface area contributed by atoms with Gasteiger partial charge in [0.25, 0.3) is 0 Å². The number of nitrogens with one attached hydrogen (secondary N) is 2. The van der Waals surface area contributed by atoms with Crippen LogP contribution in [0.1, 0.15) is 29.8 Å². The second kappa shape index (κ2) is 13.3. The Bertz CT molecular complexity index is 1260. The Balaban J connectivity index is 1.59. The first kappa shape index (κ1) is 26.7. The van der Waals surface area contributed by atoms with E-state index in [0.717, 1.165) is 0 Å². The normalized spacial score (nSPS) is 10.5. The van der Waals surface area contributed by atoms with Crippen LogP contribution in [0.4, 0.5) is 5.69 Å². The second-order valence-electron chi connectivity index (χ2n) is 7.37. The number of hydrogen-bond acceptors (Lipinski definition) is 8. The Morgan fingerprint density at radius 3 is 2.14 bits per heavy atom. The van der Waals surface area contributed by atoms with Gasteiger partial charge in [-0.2, -0.15) is 5.10 Å². The minimum atomic E-state index is -0.944. The van der Waals surface area contributed by atoms with Gasteiger partial charge in [-0.05, 0) is 86.1 Å². The van der Waals surface area contributed by atoms with Gasteiger partial charge in [-0.25, -0.2) is 10.2 Å². The topological polar surface area (TPSA) is 125 Å². The lowest BCUT2D eigenvalue weighted by Crippen LogP contribution is -2.32. The van der Waals surface area contributed by atoms with Gasteiger partial charge < -0.3 is 24.3 Å². The van der Waals surface area contributed by atoms with E-state index in [1.54, 1.807) is 73.7 Å². The van der Waals surface area contributed by atoms with Crippen molar-refractivity contribution in [2.75, 3.05) is 25.6 Å². The van der Waals surface area contributed by atoms with Gasteiger partial charge in [0, 0.05) is 5.69 Å². The SMILES string of the molecule is CCOc1ccc(NC(=O)C(=O)N/N=C\c2ccc(OC(=O)c3ccc(OC)cc3)c(OCC)c2)cc1. The van der Waals surface area contributed by atoms with Gasteiger partial charge in [-0.3, -0.25) is 9.59 Å². The van der Waals surface area contributed by atoms with Crippen LogP contribution in [0.5, 0.6) is 23.0 Å². The number of methoxy groups -OCH3 is 1. The second-order valence-corrected chi connectivity index (χ2v) is 7.37. The van der Waals surface area contributed by atoms with Crippen LogP contribution in [0.3, 0.4) is 0 Å². The van der Waals surface area contributed by atoms with Crippen molar-refractivity contribution in [3.8, 4) is 23.0 Å². The highest BCUT2D eigenvalue weighted by Gasteiger charge is 2.15. The highest BCUT2D eigenvalue weighted by Crippen LogP contribution is 2.29. The van der Waals surface area contributed by atoms with E-state index in [4.69, 9.17) is 18.9 Å². The molecule has 0 aliphatic rings. The van der Waals surface area contributed by atoms with Crippen LogP contribution in [-0.2, 0) is 9.59 Å². The molecule has 3 aromatic carbocycles. The van der Waals surface area contributed by atoms with Gasteiger partial charge in [0.1, 0.15) is 11.5 Å². The van der Waals surface area contributed by atoms with E-state index >= 15 is 0 Å². The number of carbonyl (C=O) groups is 3. The van der Waals surface area contributed by atoms with Crippen LogP contribution in [-0.4, -0.2) is 44.3 Å². The van der Waals surface area contributed by atoms with E-state index in [-0.39, 0.29) is 5.75 Å². The van der Waals surface area contributed by atoms with Crippen molar-refractivity contribution in [3.05, 3.63) is 77.9 Å². The zero-order valence-corrected chi connectivity index (χ0v) is 20.6. The summed E-state index contributed by atoms with van der Waals surface area (Å²) in [6.07, 6.45) is 1.33. The molecule has 37 heavy (non-hydrogen) atoms. The summed E-state index contributed by atoms with van der Waals surface area (Å²) < 4.78 is 21.5. The van der Waals surface area contributed by atoms with Crippen molar-refractivity contribution >= 4 is 29.7 Å². The Labute approximate surface area is 214 Å². The standard InChI is InChI=1S/C27H27N3O7/c1-4-35-22-13-9-20(10-14-22)29-25(31)26(32)30-28-17-18-6-15-23(24(16-18)36-5-2)37-27(33)19-7-11-21(34-3)12-8-19/h6-17H,4-5H2,1-3H3,(H,29,31)(H,30,32)/b28-17-. The molecule has 3 rings (SSSR count). The maximum Gasteiger partial charge on any atom is 0.343 e. The molecule has 192 valence electrons. The molecule has 2 amide bonds. The molecule has 0 aromatic heterocycles. The van der Waals surface area contributed by atoms with Crippen LogP contribution in [0.25, 0.3) is 0 Å². The van der Waals surface area contributed by atoms with E-state index < -0.39 is 17.8 Å². The van der Waals surface area contributed by atoms with Crippen LogP contribution < -0.4 is 29.7 Å². The van der Waals surface area contributed by atoms with E-state index in [1.165, 1.54) is 13.3 Å². The molecule has 0 saturated carbocycles. The molecule has 0 aliphatic carbocycles. The number of esters is 1. The lowest BCUT2D eigenvalue weighted by atomic mass is 10.2. The number of hydrazone groups is 1. The molecule has 0 atom stereocenters. The summed E-state index contributed by atoms with van der Waals surface area (Å²) in [5, 5.41) is 6.29. The fraction of sp³-hybridized carbons (Fsp3) is 0.185. The van der Waals surface area contributed by atoms with Gasteiger partial charge in [0.2, 0.25) is 0 Å². The summed E-state index contributed by atoms with van der Waals surface area (Å²) in [6.45, 7) is 4.51. The number of carbonyl (C=O) groups excluding carboxylic acids is 3. The molecule has 0 heterocycles. The largest absolute Gasteiger partial charge is 0.497 e. The highest BCUT2D eigenvalue weighted by molar-refractivity contribution is 6.39. The lowest BCUT2D eigenvalue weighted by molar-refractivity contribution is -0.136. The smallest absolute Gasteiger partial charge is 0.343 e. The van der Waals surface area contributed by atoms with E-state index in [0.29, 0.717) is 47.3 Å².